The van der Waals surface area contributed by atoms with Crippen LogP contribution in [-0.4, -0.2) is 23.5 Å². The van der Waals surface area contributed by atoms with Crippen LogP contribution in [-0.2, 0) is 16.0 Å². The summed E-state index contributed by atoms with van der Waals surface area (Å²) in [5, 5.41) is 12.2. The van der Waals surface area contributed by atoms with Gasteiger partial charge in [-0.05, 0) is 17.5 Å². The van der Waals surface area contributed by atoms with Gasteiger partial charge >= 0.3 is 5.97 Å². The molecule has 0 saturated carbocycles. The van der Waals surface area contributed by atoms with Crippen LogP contribution in [0, 0.1) is 11.8 Å². The normalized spacial score (nSPS) is 12.2. The van der Waals surface area contributed by atoms with Gasteiger partial charge in [0.05, 0.1) is 12.3 Å². The number of carboxylic acids is 1. The van der Waals surface area contributed by atoms with Crippen LogP contribution in [0.5, 0.6) is 0 Å². The van der Waals surface area contributed by atoms with Gasteiger partial charge in [0.15, 0.2) is 0 Å². The highest BCUT2D eigenvalue weighted by molar-refractivity contribution is 6.31. The van der Waals surface area contributed by atoms with E-state index in [1.54, 1.807) is 18.2 Å². The molecule has 2 N–H and O–H groups in total. The highest BCUT2D eigenvalue weighted by atomic mass is 35.5. The SMILES string of the molecule is CC(C)C(CNC(=O)Cc1ccccc1Cl)C(=O)O. The molecule has 0 bridgehead atoms. The highest BCUT2D eigenvalue weighted by Crippen LogP contribution is 2.15. The van der Waals surface area contributed by atoms with Crippen LogP contribution in [0.3, 0.4) is 0 Å². The van der Waals surface area contributed by atoms with Crippen LogP contribution in [0.1, 0.15) is 19.4 Å². The predicted octanol–water partition coefficient (Wildman–Crippen LogP) is 2.36. The van der Waals surface area contributed by atoms with Crippen molar-refractivity contribution in [2.45, 2.75) is 20.3 Å². The molecular weight excluding hydrogens is 266 g/mol. The zero-order valence-corrected chi connectivity index (χ0v) is 11.8. The highest BCUT2D eigenvalue weighted by Gasteiger charge is 2.22. The Balaban J connectivity index is 2.52. The van der Waals surface area contributed by atoms with E-state index in [1.807, 2.05) is 19.9 Å². The van der Waals surface area contributed by atoms with Crippen LogP contribution >= 0.6 is 11.6 Å². The van der Waals surface area contributed by atoms with E-state index in [2.05, 4.69) is 5.32 Å². The molecule has 4 nitrogen and oxygen atoms in total. The molecule has 1 atom stereocenters. The van der Waals surface area contributed by atoms with Crippen molar-refractivity contribution < 1.29 is 14.7 Å². The third-order valence-corrected chi connectivity index (χ3v) is 3.32. The summed E-state index contributed by atoms with van der Waals surface area (Å²) in [6, 6.07) is 7.10. The number of amides is 1. The molecule has 0 spiro atoms. The second kappa shape index (κ2) is 7.14. The van der Waals surface area contributed by atoms with E-state index in [0.29, 0.717) is 5.02 Å². The number of hydrogen-bond acceptors (Lipinski definition) is 2. The van der Waals surface area contributed by atoms with E-state index in [4.69, 9.17) is 16.7 Å². The Morgan fingerprint density at radius 2 is 1.95 bits per heavy atom. The number of carboxylic acid groups (broad SMARTS) is 1. The molecule has 1 rings (SSSR count). The first-order chi connectivity index (χ1) is 8.91. The standard InChI is InChI=1S/C14H18ClNO3/c1-9(2)11(14(18)19)8-16-13(17)7-10-5-3-4-6-12(10)15/h3-6,9,11H,7-8H2,1-2H3,(H,16,17)(H,18,19). The van der Waals surface area contributed by atoms with E-state index in [0.717, 1.165) is 5.56 Å². The third-order valence-electron chi connectivity index (χ3n) is 2.95. The van der Waals surface area contributed by atoms with Crippen LogP contribution in [0.15, 0.2) is 24.3 Å². The smallest absolute Gasteiger partial charge is 0.308 e. The van der Waals surface area contributed by atoms with Crippen molar-refractivity contribution in [3.05, 3.63) is 34.9 Å². The van der Waals surface area contributed by atoms with Gasteiger partial charge in [-0.3, -0.25) is 9.59 Å². The number of nitrogens with one attached hydrogen (secondary N) is 1. The van der Waals surface area contributed by atoms with Crippen molar-refractivity contribution in [2.75, 3.05) is 6.54 Å². The number of hydrogen-bond donors (Lipinski definition) is 2. The molecule has 0 saturated heterocycles. The second-order valence-electron chi connectivity index (χ2n) is 4.76. The van der Waals surface area contributed by atoms with E-state index in [9.17, 15) is 9.59 Å². The molecule has 104 valence electrons. The largest absolute Gasteiger partial charge is 0.481 e. The summed E-state index contributed by atoms with van der Waals surface area (Å²) in [6.07, 6.45) is 0.157. The van der Waals surface area contributed by atoms with Gasteiger partial charge in [0, 0.05) is 11.6 Å². The van der Waals surface area contributed by atoms with Crippen molar-refractivity contribution in [3.8, 4) is 0 Å². The predicted molar refractivity (Wildman–Crippen MR) is 74.1 cm³/mol. The Kier molecular flexibility index (Phi) is 5.83. The monoisotopic (exact) mass is 283 g/mol. The number of carbonyl (C=O) groups excluding carboxylic acids is 1. The maximum absolute atomic E-state index is 11.8. The quantitative estimate of drug-likeness (QED) is 0.842. The molecule has 0 aromatic heterocycles. The van der Waals surface area contributed by atoms with Gasteiger partial charge in [-0.2, -0.15) is 0 Å². The van der Waals surface area contributed by atoms with Gasteiger partial charge in [-0.15, -0.1) is 0 Å². The number of aliphatic carboxylic acids is 1. The number of benzene rings is 1. The molecule has 1 amide bonds. The lowest BCUT2D eigenvalue weighted by Crippen LogP contribution is -2.36. The van der Waals surface area contributed by atoms with Crippen molar-refractivity contribution in [1.82, 2.24) is 5.32 Å². The first-order valence-electron chi connectivity index (χ1n) is 6.14. The average Bonchev–Trinajstić information content (AvgIpc) is 2.31. The Morgan fingerprint density at radius 3 is 2.47 bits per heavy atom. The lowest BCUT2D eigenvalue weighted by molar-refractivity contribution is -0.143. The molecule has 0 fully saturated rings. The van der Waals surface area contributed by atoms with Crippen LogP contribution in [0.2, 0.25) is 5.02 Å². The van der Waals surface area contributed by atoms with E-state index in [-0.39, 0.29) is 24.8 Å². The Morgan fingerprint density at radius 1 is 1.32 bits per heavy atom. The molecule has 0 radical (unpaired) electrons. The van der Waals surface area contributed by atoms with E-state index in [1.165, 1.54) is 0 Å². The summed E-state index contributed by atoms with van der Waals surface area (Å²) in [5.74, 6) is -1.72. The Bertz CT molecular complexity index is 460. The third kappa shape index (κ3) is 4.91. The molecular formula is C14H18ClNO3. The molecule has 0 heterocycles. The van der Waals surface area contributed by atoms with Crippen molar-refractivity contribution in [2.24, 2.45) is 11.8 Å². The van der Waals surface area contributed by atoms with E-state index < -0.39 is 11.9 Å². The zero-order valence-electron chi connectivity index (χ0n) is 11.0. The number of rotatable bonds is 6. The van der Waals surface area contributed by atoms with Gasteiger partial charge in [-0.25, -0.2) is 0 Å². The zero-order chi connectivity index (χ0) is 14.4. The van der Waals surface area contributed by atoms with Gasteiger partial charge < -0.3 is 10.4 Å². The van der Waals surface area contributed by atoms with Crippen molar-refractivity contribution in [3.63, 3.8) is 0 Å². The Labute approximate surface area is 117 Å². The number of halogens is 1. The molecule has 0 aliphatic rings. The van der Waals surface area contributed by atoms with Crippen LogP contribution in [0.25, 0.3) is 0 Å². The lowest BCUT2D eigenvalue weighted by Gasteiger charge is -2.16. The summed E-state index contributed by atoms with van der Waals surface area (Å²) < 4.78 is 0. The molecule has 0 aliphatic carbocycles. The molecule has 5 heteroatoms. The molecule has 1 unspecified atom stereocenters. The van der Waals surface area contributed by atoms with Crippen molar-refractivity contribution >= 4 is 23.5 Å². The van der Waals surface area contributed by atoms with Crippen LogP contribution in [0.4, 0.5) is 0 Å². The van der Waals surface area contributed by atoms with Gasteiger partial charge in [0.25, 0.3) is 0 Å². The summed E-state index contributed by atoms with van der Waals surface area (Å²) in [5.41, 5.74) is 0.734. The second-order valence-corrected chi connectivity index (χ2v) is 5.17. The first kappa shape index (κ1) is 15.5. The average molecular weight is 284 g/mol. The Hall–Kier alpha value is -1.55. The summed E-state index contributed by atoms with van der Waals surface area (Å²) in [6.45, 7) is 3.77. The van der Waals surface area contributed by atoms with E-state index >= 15 is 0 Å². The number of carbonyl (C=O) groups is 2. The maximum Gasteiger partial charge on any atom is 0.308 e. The van der Waals surface area contributed by atoms with Gasteiger partial charge in [0.2, 0.25) is 5.91 Å². The maximum atomic E-state index is 11.8. The van der Waals surface area contributed by atoms with Gasteiger partial charge in [-0.1, -0.05) is 43.6 Å². The van der Waals surface area contributed by atoms with Crippen molar-refractivity contribution in [1.29, 1.82) is 0 Å². The minimum absolute atomic E-state index is 0.0295. The summed E-state index contributed by atoms with van der Waals surface area (Å²) in [4.78, 5) is 22.7. The molecule has 0 aliphatic heterocycles. The molecule has 1 aromatic rings. The first-order valence-corrected chi connectivity index (χ1v) is 6.52. The molecule has 1 aromatic carbocycles. The fourth-order valence-electron chi connectivity index (χ4n) is 1.71. The minimum Gasteiger partial charge on any atom is -0.481 e. The van der Waals surface area contributed by atoms with Crippen LogP contribution < -0.4 is 5.32 Å². The fraction of sp³-hybridized carbons (Fsp3) is 0.429. The van der Waals surface area contributed by atoms with Gasteiger partial charge in [0.1, 0.15) is 0 Å². The summed E-state index contributed by atoms with van der Waals surface area (Å²) >= 11 is 5.96. The molecule has 19 heavy (non-hydrogen) atoms. The lowest BCUT2D eigenvalue weighted by atomic mass is 9.96. The summed E-state index contributed by atoms with van der Waals surface area (Å²) in [7, 11) is 0. The minimum atomic E-state index is -0.895. The fourth-order valence-corrected chi connectivity index (χ4v) is 1.91. The topological polar surface area (TPSA) is 66.4 Å².